The Balaban J connectivity index is 1.41. The van der Waals surface area contributed by atoms with Crippen LogP contribution in [-0.2, 0) is 19.1 Å². The Hall–Kier alpha value is -4.90. The maximum absolute atomic E-state index is 12.7. The summed E-state index contributed by atoms with van der Waals surface area (Å²) in [7, 11) is 0. The summed E-state index contributed by atoms with van der Waals surface area (Å²) in [5.41, 5.74) is 0.648. The fourth-order valence-corrected chi connectivity index (χ4v) is 4.02. The minimum Gasteiger partial charge on any atom is -0.494 e. The van der Waals surface area contributed by atoms with Gasteiger partial charge in [-0.15, -0.1) is 0 Å². The quantitative estimate of drug-likeness (QED) is 0.0623. The molecule has 0 aromatic heterocycles. The van der Waals surface area contributed by atoms with E-state index in [9.17, 15) is 19.2 Å². The number of ether oxygens (including phenoxy) is 6. The van der Waals surface area contributed by atoms with Gasteiger partial charge >= 0.3 is 23.9 Å². The maximum atomic E-state index is 12.7. The van der Waals surface area contributed by atoms with Gasteiger partial charge in [0.2, 0.25) is 0 Å². The molecule has 11 heteroatoms. The molecule has 0 spiro atoms. The smallest absolute Gasteiger partial charge is 0.343 e. The Labute approximate surface area is 269 Å². The van der Waals surface area contributed by atoms with Crippen LogP contribution in [0.15, 0.2) is 96.5 Å². The Morgan fingerprint density at radius 3 is 1.44 bits per heavy atom. The van der Waals surface area contributed by atoms with Crippen LogP contribution in [0.25, 0.3) is 0 Å². The zero-order chi connectivity index (χ0) is 32.4. The molecule has 45 heavy (non-hydrogen) atoms. The molecule has 0 fully saturated rings. The highest BCUT2D eigenvalue weighted by molar-refractivity contribution is 9.10. The number of rotatable bonds is 18. The fourth-order valence-electron chi connectivity index (χ4n) is 3.58. The number of carbonyl (C=O) groups excluding carboxylic acids is 4. The molecule has 0 unspecified atom stereocenters. The molecule has 236 valence electrons. The molecule has 0 radical (unpaired) electrons. The van der Waals surface area contributed by atoms with Crippen LogP contribution in [0.5, 0.6) is 23.0 Å². The molecular formula is C34H33BrO10. The molecule has 10 nitrogen and oxygen atoms in total. The molecule has 0 amide bonds. The van der Waals surface area contributed by atoms with Crippen molar-refractivity contribution in [3.05, 3.63) is 108 Å². The average Bonchev–Trinajstić information content (AvgIpc) is 3.05. The summed E-state index contributed by atoms with van der Waals surface area (Å²) in [5, 5.41) is 0. The summed E-state index contributed by atoms with van der Waals surface area (Å²) in [6.45, 7) is 8.13. The standard InChI is InChI=1S/C34H33BrO10/c1-3-31(36)42-21-7-5-19-40-26-13-9-24(10-14-26)33(38)44-28-17-18-30(29(35)23-28)45-34(39)25-11-15-27(16-12-25)41-20-6-8-22-43-32(37)4-2/h3-4,9-18,23H,1-2,5-8,19-22H2. The maximum Gasteiger partial charge on any atom is 0.343 e. The third-order valence-electron chi connectivity index (χ3n) is 5.93. The van der Waals surface area contributed by atoms with E-state index in [-0.39, 0.29) is 11.5 Å². The lowest BCUT2D eigenvalue weighted by atomic mass is 10.2. The van der Waals surface area contributed by atoms with Gasteiger partial charge in [-0.05, 0) is 108 Å². The molecule has 0 aliphatic carbocycles. The number of halogens is 1. The second-order valence-electron chi connectivity index (χ2n) is 9.27. The Bertz CT molecular complexity index is 1470. The van der Waals surface area contributed by atoms with Crippen LogP contribution in [-0.4, -0.2) is 50.3 Å². The highest BCUT2D eigenvalue weighted by Gasteiger charge is 2.14. The van der Waals surface area contributed by atoms with Crippen molar-refractivity contribution in [2.24, 2.45) is 0 Å². The predicted molar refractivity (Wildman–Crippen MR) is 169 cm³/mol. The highest BCUT2D eigenvalue weighted by Crippen LogP contribution is 2.30. The summed E-state index contributed by atoms with van der Waals surface area (Å²) in [6.07, 6.45) is 4.93. The summed E-state index contributed by atoms with van der Waals surface area (Å²) in [5.74, 6) is -0.370. The van der Waals surface area contributed by atoms with Crippen LogP contribution in [0.4, 0.5) is 0 Å². The summed E-state index contributed by atoms with van der Waals surface area (Å²) in [4.78, 5) is 47.3. The number of hydrogen-bond donors (Lipinski definition) is 0. The van der Waals surface area contributed by atoms with Crippen molar-refractivity contribution in [2.75, 3.05) is 26.4 Å². The molecule has 0 saturated carbocycles. The van der Waals surface area contributed by atoms with Gasteiger partial charge in [-0.25, -0.2) is 19.2 Å². The second kappa shape index (κ2) is 18.7. The molecule has 0 N–H and O–H groups in total. The van der Waals surface area contributed by atoms with E-state index in [1.165, 1.54) is 18.2 Å². The van der Waals surface area contributed by atoms with Gasteiger partial charge in [-0.2, -0.15) is 0 Å². The van der Waals surface area contributed by atoms with Gasteiger partial charge in [0, 0.05) is 12.2 Å². The second-order valence-corrected chi connectivity index (χ2v) is 10.1. The molecular weight excluding hydrogens is 648 g/mol. The van der Waals surface area contributed by atoms with Crippen LogP contribution >= 0.6 is 15.9 Å². The fraction of sp³-hybridized carbons (Fsp3) is 0.235. The Morgan fingerprint density at radius 2 is 1.00 bits per heavy atom. The molecule has 0 aliphatic heterocycles. The van der Waals surface area contributed by atoms with Crippen molar-refractivity contribution in [3.63, 3.8) is 0 Å². The first-order chi connectivity index (χ1) is 21.8. The van der Waals surface area contributed by atoms with E-state index >= 15 is 0 Å². The monoisotopic (exact) mass is 680 g/mol. The molecule has 0 saturated heterocycles. The van der Waals surface area contributed by atoms with Gasteiger partial charge in [0.25, 0.3) is 0 Å². The van der Waals surface area contributed by atoms with E-state index in [0.29, 0.717) is 79.2 Å². The lowest BCUT2D eigenvalue weighted by molar-refractivity contribution is -0.138. The van der Waals surface area contributed by atoms with Crippen LogP contribution < -0.4 is 18.9 Å². The molecule has 3 aromatic rings. The first kappa shape index (κ1) is 34.6. The third kappa shape index (κ3) is 12.3. The van der Waals surface area contributed by atoms with E-state index in [1.807, 2.05) is 0 Å². The van der Waals surface area contributed by atoms with Gasteiger partial charge in [0.05, 0.1) is 42.0 Å². The van der Waals surface area contributed by atoms with Crippen LogP contribution in [0, 0.1) is 0 Å². The molecule has 0 atom stereocenters. The largest absolute Gasteiger partial charge is 0.494 e. The van der Waals surface area contributed by atoms with Crippen LogP contribution in [0.3, 0.4) is 0 Å². The van der Waals surface area contributed by atoms with Crippen molar-refractivity contribution in [1.29, 1.82) is 0 Å². The minimum atomic E-state index is -0.575. The lowest BCUT2D eigenvalue weighted by Crippen LogP contribution is -2.10. The van der Waals surface area contributed by atoms with Crippen molar-refractivity contribution < 1.29 is 47.6 Å². The van der Waals surface area contributed by atoms with Gasteiger partial charge < -0.3 is 28.4 Å². The molecule has 3 rings (SSSR count). The Kier molecular flexibility index (Phi) is 14.4. The highest BCUT2D eigenvalue weighted by atomic mass is 79.9. The summed E-state index contributed by atoms with van der Waals surface area (Å²) >= 11 is 3.36. The third-order valence-corrected chi connectivity index (χ3v) is 6.55. The number of unbranched alkanes of at least 4 members (excludes halogenated alkanes) is 2. The zero-order valence-corrected chi connectivity index (χ0v) is 26.1. The van der Waals surface area contributed by atoms with Crippen molar-refractivity contribution in [2.45, 2.75) is 25.7 Å². The van der Waals surface area contributed by atoms with Gasteiger partial charge in [-0.3, -0.25) is 0 Å². The topological polar surface area (TPSA) is 124 Å². The van der Waals surface area contributed by atoms with E-state index in [2.05, 4.69) is 29.1 Å². The number of esters is 4. The van der Waals surface area contributed by atoms with E-state index in [0.717, 1.165) is 12.2 Å². The number of carbonyl (C=O) groups is 4. The van der Waals surface area contributed by atoms with Crippen molar-refractivity contribution in [3.8, 4) is 23.0 Å². The SMILES string of the molecule is C=CC(=O)OCCCCOc1ccc(C(=O)Oc2ccc(OC(=O)c3ccc(OCCCCOC(=O)C=C)cc3)c(Br)c2)cc1. The first-order valence-corrected chi connectivity index (χ1v) is 14.9. The van der Waals surface area contributed by atoms with Gasteiger partial charge in [-0.1, -0.05) is 13.2 Å². The number of hydrogen-bond acceptors (Lipinski definition) is 10. The van der Waals surface area contributed by atoms with Crippen LogP contribution in [0.2, 0.25) is 0 Å². The summed E-state index contributed by atoms with van der Waals surface area (Å²) in [6, 6.07) is 17.6. The van der Waals surface area contributed by atoms with E-state index in [1.54, 1.807) is 48.5 Å². The van der Waals surface area contributed by atoms with E-state index < -0.39 is 23.9 Å². The predicted octanol–water partition coefficient (Wildman–Crippen LogP) is 6.66. The first-order valence-electron chi connectivity index (χ1n) is 14.1. The summed E-state index contributed by atoms with van der Waals surface area (Å²) < 4.78 is 32.5. The minimum absolute atomic E-state index is 0.248. The Morgan fingerprint density at radius 1 is 0.578 bits per heavy atom. The van der Waals surface area contributed by atoms with Crippen LogP contribution in [0.1, 0.15) is 46.4 Å². The zero-order valence-electron chi connectivity index (χ0n) is 24.5. The molecule has 0 heterocycles. The van der Waals surface area contributed by atoms with Crippen molar-refractivity contribution in [1.82, 2.24) is 0 Å². The molecule has 0 aliphatic rings. The normalized spacial score (nSPS) is 10.2. The van der Waals surface area contributed by atoms with Gasteiger partial charge in [0.1, 0.15) is 23.0 Å². The lowest BCUT2D eigenvalue weighted by Gasteiger charge is -2.10. The molecule has 0 bridgehead atoms. The molecule has 3 aromatic carbocycles. The average molecular weight is 682 g/mol. The van der Waals surface area contributed by atoms with Crippen molar-refractivity contribution >= 4 is 39.8 Å². The van der Waals surface area contributed by atoms with E-state index in [4.69, 9.17) is 28.4 Å². The van der Waals surface area contributed by atoms with Gasteiger partial charge in [0.15, 0.2) is 0 Å². The number of benzene rings is 3.